The molecular weight excluding hydrogens is 426 g/mol. The van der Waals surface area contributed by atoms with Crippen LogP contribution in [0.2, 0.25) is 0 Å². The van der Waals surface area contributed by atoms with Crippen LogP contribution in [0, 0.1) is 0 Å². The highest BCUT2D eigenvalue weighted by Gasteiger charge is 2.26. The van der Waals surface area contributed by atoms with Crippen LogP contribution in [-0.2, 0) is 6.54 Å². The number of pyridine rings is 1. The zero-order chi connectivity index (χ0) is 22.9. The van der Waals surface area contributed by atoms with E-state index in [0.29, 0.717) is 18.7 Å². The quantitative estimate of drug-likeness (QED) is 0.432. The second-order valence-corrected chi connectivity index (χ2v) is 8.27. The molecule has 6 rings (SSSR count). The molecule has 7 nitrogen and oxygen atoms in total. The highest BCUT2D eigenvalue weighted by Crippen LogP contribution is 2.32. The zero-order valence-electron chi connectivity index (χ0n) is 18.3. The van der Waals surface area contributed by atoms with E-state index in [-0.39, 0.29) is 11.9 Å². The van der Waals surface area contributed by atoms with Gasteiger partial charge in [-0.25, -0.2) is 4.68 Å². The van der Waals surface area contributed by atoms with Gasteiger partial charge in [-0.1, -0.05) is 53.7 Å². The Morgan fingerprint density at radius 1 is 1.03 bits per heavy atom. The molecule has 0 spiro atoms. The molecule has 1 N–H and O–H groups in total. The molecule has 166 valence electrons. The molecule has 0 fully saturated rings. The van der Waals surface area contributed by atoms with E-state index in [1.807, 2.05) is 79.1 Å². The smallest absolute Gasteiger partial charge is 0.252 e. The third-order valence-electron chi connectivity index (χ3n) is 6.07. The fourth-order valence-corrected chi connectivity index (χ4v) is 4.32. The number of benzene rings is 3. The summed E-state index contributed by atoms with van der Waals surface area (Å²) in [5.41, 5.74) is 4.24. The Kier molecular flexibility index (Phi) is 4.99. The van der Waals surface area contributed by atoms with E-state index in [0.717, 1.165) is 38.9 Å². The van der Waals surface area contributed by atoms with Crippen molar-refractivity contribution >= 4 is 16.7 Å². The van der Waals surface area contributed by atoms with Crippen LogP contribution in [0.15, 0.2) is 91.4 Å². The van der Waals surface area contributed by atoms with Crippen molar-refractivity contribution in [3.63, 3.8) is 0 Å². The Bertz CT molecular complexity index is 1510. The third kappa shape index (κ3) is 3.77. The normalized spacial score (nSPS) is 14.5. The first-order valence-electron chi connectivity index (χ1n) is 11.1. The molecule has 3 aromatic carbocycles. The number of amides is 1. The van der Waals surface area contributed by atoms with Crippen molar-refractivity contribution in [2.75, 3.05) is 6.61 Å². The number of hydrogen-bond acceptors (Lipinski definition) is 5. The number of fused-ring (bicyclic) bond motifs is 2. The number of aromatic nitrogens is 4. The average molecular weight is 447 g/mol. The molecule has 1 aliphatic heterocycles. The molecule has 0 saturated heterocycles. The number of para-hydroxylation sites is 1. The molecule has 0 radical (unpaired) electrons. The zero-order valence-corrected chi connectivity index (χ0v) is 18.3. The van der Waals surface area contributed by atoms with Gasteiger partial charge in [-0.05, 0) is 35.2 Å². The Morgan fingerprint density at radius 2 is 1.91 bits per heavy atom. The standard InChI is InChI=1S/C27H21N5O2/c33-27(29-25-17-34-26-8-4-3-7-23(25)26)22-6-2-1-5-21(22)15-32-16-24(30-31-32)19-9-10-20-14-28-12-11-18(20)13-19/h1-14,16,25H,15,17H2,(H,29,33). The molecule has 7 heteroatoms. The van der Waals surface area contributed by atoms with Gasteiger partial charge >= 0.3 is 0 Å². The molecule has 1 atom stereocenters. The second-order valence-electron chi connectivity index (χ2n) is 8.27. The van der Waals surface area contributed by atoms with Crippen molar-refractivity contribution in [3.05, 3.63) is 108 Å². The number of hydrogen-bond donors (Lipinski definition) is 1. The molecule has 1 amide bonds. The Labute approximate surface area is 196 Å². The first-order chi connectivity index (χ1) is 16.7. The van der Waals surface area contributed by atoms with Crippen LogP contribution in [0.3, 0.4) is 0 Å². The lowest BCUT2D eigenvalue weighted by Gasteiger charge is -2.14. The third-order valence-corrected chi connectivity index (χ3v) is 6.07. The van der Waals surface area contributed by atoms with Crippen molar-refractivity contribution in [1.29, 1.82) is 0 Å². The fraction of sp³-hybridized carbons (Fsp3) is 0.111. The molecule has 0 bridgehead atoms. The summed E-state index contributed by atoms with van der Waals surface area (Å²) in [5, 5.41) is 13.9. The van der Waals surface area contributed by atoms with E-state index in [2.05, 4.69) is 26.7 Å². The van der Waals surface area contributed by atoms with Gasteiger partial charge in [0.15, 0.2) is 0 Å². The maximum atomic E-state index is 13.2. The van der Waals surface area contributed by atoms with Crippen LogP contribution in [-0.4, -0.2) is 32.5 Å². The lowest BCUT2D eigenvalue weighted by molar-refractivity contribution is 0.0929. The maximum absolute atomic E-state index is 13.2. The summed E-state index contributed by atoms with van der Waals surface area (Å²) >= 11 is 0. The topological polar surface area (TPSA) is 81.9 Å². The maximum Gasteiger partial charge on any atom is 0.252 e. The summed E-state index contributed by atoms with van der Waals surface area (Å²) in [6.45, 7) is 0.868. The minimum Gasteiger partial charge on any atom is -0.491 e. The molecule has 3 heterocycles. The van der Waals surface area contributed by atoms with Gasteiger partial charge in [-0.15, -0.1) is 5.10 Å². The van der Waals surface area contributed by atoms with E-state index >= 15 is 0 Å². The molecular formula is C27H21N5O2. The number of carbonyl (C=O) groups is 1. The van der Waals surface area contributed by atoms with Crippen LogP contribution in [0.25, 0.3) is 22.0 Å². The molecule has 0 aliphatic carbocycles. The molecule has 34 heavy (non-hydrogen) atoms. The van der Waals surface area contributed by atoms with Crippen molar-refractivity contribution in [3.8, 4) is 17.0 Å². The summed E-state index contributed by atoms with van der Waals surface area (Å²) in [5.74, 6) is 0.686. The summed E-state index contributed by atoms with van der Waals surface area (Å²) in [6, 6.07) is 23.3. The minimum absolute atomic E-state index is 0.135. The molecule has 5 aromatic rings. The van der Waals surface area contributed by atoms with Gasteiger partial charge in [-0.2, -0.15) is 0 Å². The Balaban J connectivity index is 1.22. The molecule has 0 saturated carbocycles. The largest absolute Gasteiger partial charge is 0.491 e. The van der Waals surface area contributed by atoms with Crippen molar-refractivity contribution < 1.29 is 9.53 Å². The summed E-state index contributed by atoms with van der Waals surface area (Å²) in [4.78, 5) is 17.3. The lowest BCUT2D eigenvalue weighted by atomic mass is 10.0. The number of ether oxygens (including phenoxy) is 1. The second kappa shape index (κ2) is 8.44. The number of rotatable bonds is 5. The van der Waals surface area contributed by atoms with E-state index in [1.165, 1.54) is 0 Å². The van der Waals surface area contributed by atoms with Crippen LogP contribution >= 0.6 is 0 Å². The predicted octanol–water partition coefficient (Wildman–Crippen LogP) is 4.41. The van der Waals surface area contributed by atoms with Gasteiger partial charge in [0.2, 0.25) is 0 Å². The van der Waals surface area contributed by atoms with Gasteiger partial charge in [0, 0.05) is 34.5 Å². The Hall–Kier alpha value is -4.52. The number of carbonyl (C=O) groups excluding carboxylic acids is 1. The van der Waals surface area contributed by atoms with Crippen molar-refractivity contribution in [2.45, 2.75) is 12.6 Å². The van der Waals surface area contributed by atoms with E-state index in [1.54, 1.807) is 10.9 Å². The van der Waals surface area contributed by atoms with E-state index in [4.69, 9.17) is 4.74 Å². The van der Waals surface area contributed by atoms with Gasteiger partial charge in [-0.3, -0.25) is 9.78 Å². The van der Waals surface area contributed by atoms with Crippen LogP contribution in [0.1, 0.15) is 27.5 Å². The van der Waals surface area contributed by atoms with Gasteiger partial charge in [0.1, 0.15) is 18.1 Å². The summed E-state index contributed by atoms with van der Waals surface area (Å²) in [7, 11) is 0. The predicted molar refractivity (Wildman–Crippen MR) is 128 cm³/mol. The average Bonchev–Trinajstić information content (AvgIpc) is 3.51. The molecule has 1 unspecified atom stereocenters. The van der Waals surface area contributed by atoms with Crippen LogP contribution in [0.4, 0.5) is 0 Å². The molecule has 1 aliphatic rings. The first kappa shape index (κ1) is 20.1. The summed E-state index contributed by atoms with van der Waals surface area (Å²) in [6.07, 6.45) is 5.52. The number of nitrogens with zero attached hydrogens (tertiary/aromatic N) is 4. The van der Waals surface area contributed by atoms with Crippen molar-refractivity contribution in [2.24, 2.45) is 0 Å². The minimum atomic E-state index is -0.169. The monoisotopic (exact) mass is 447 g/mol. The highest BCUT2D eigenvalue weighted by atomic mass is 16.5. The molecule has 2 aromatic heterocycles. The van der Waals surface area contributed by atoms with Gasteiger partial charge < -0.3 is 10.1 Å². The lowest BCUT2D eigenvalue weighted by Crippen LogP contribution is -2.30. The summed E-state index contributed by atoms with van der Waals surface area (Å²) < 4.78 is 7.46. The number of nitrogens with one attached hydrogen (secondary N) is 1. The van der Waals surface area contributed by atoms with Gasteiger partial charge in [0.05, 0.1) is 18.8 Å². The SMILES string of the molecule is O=C(NC1COc2ccccc21)c1ccccc1Cn1cc(-c2ccc3cnccc3c2)nn1. The Morgan fingerprint density at radius 3 is 2.88 bits per heavy atom. The first-order valence-corrected chi connectivity index (χ1v) is 11.1. The van der Waals surface area contributed by atoms with Gasteiger partial charge in [0.25, 0.3) is 5.91 Å². The van der Waals surface area contributed by atoms with Crippen LogP contribution < -0.4 is 10.1 Å². The van der Waals surface area contributed by atoms with Crippen molar-refractivity contribution in [1.82, 2.24) is 25.3 Å². The van der Waals surface area contributed by atoms with Crippen LogP contribution in [0.5, 0.6) is 5.75 Å². The highest BCUT2D eigenvalue weighted by molar-refractivity contribution is 5.96. The van der Waals surface area contributed by atoms with E-state index < -0.39 is 0 Å². The fourth-order valence-electron chi connectivity index (χ4n) is 4.32. The van der Waals surface area contributed by atoms with E-state index in [9.17, 15) is 4.79 Å².